The predicted octanol–water partition coefficient (Wildman–Crippen LogP) is 3.96. The zero-order valence-electron chi connectivity index (χ0n) is 9.09. The van der Waals surface area contributed by atoms with E-state index in [2.05, 4.69) is 15.9 Å². The smallest absolute Gasteiger partial charge is 0.389 e. The van der Waals surface area contributed by atoms with Crippen LogP contribution in [0.15, 0.2) is 21.2 Å². The fraction of sp³-hybridized carbons (Fsp3) is 0.455. The topological polar surface area (TPSA) is 60.7 Å². The molecular weight excluding hydrogens is 313 g/mol. The molecule has 0 aromatic carbocycles. The molecule has 0 amide bonds. The van der Waals surface area contributed by atoms with Crippen LogP contribution >= 0.6 is 15.9 Å². The highest BCUT2D eigenvalue weighted by atomic mass is 79.9. The largest absolute Gasteiger partial charge is 0.454 e. The molecular formula is C11H8BrF3N2O. The molecule has 0 bridgehead atoms. The first-order chi connectivity index (χ1) is 8.30. The van der Waals surface area contributed by atoms with Crippen molar-refractivity contribution in [3.05, 3.63) is 22.6 Å². The number of furan rings is 1. The van der Waals surface area contributed by atoms with E-state index in [1.54, 1.807) is 18.2 Å². The van der Waals surface area contributed by atoms with Crippen LogP contribution in [0.5, 0.6) is 0 Å². The van der Waals surface area contributed by atoms with Gasteiger partial charge in [0.15, 0.2) is 10.1 Å². The molecule has 0 fully saturated rings. The second-order valence-electron chi connectivity index (χ2n) is 3.80. The maximum Gasteiger partial charge on any atom is 0.389 e. The van der Waals surface area contributed by atoms with E-state index in [1.807, 2.05) is 0 Å². The van der Waals surface area contributed by atoms with Gasteiger partial charge < -0.3 is 4.42 Å². The van der Waals surface area contributed by atoms with Crippen LogP contribution < -0.4 is 0 Å². The van der Waals surface area contributed by atoms with Crippen molar-refractivity contribution in [2.45, 2.75) is 25.4 Å². The Morgan fingerprint density at radius 1 is 1.17 bits per heavy atom. The number of halogens is 4. The lowest BCUT2D eigenvalue weighted by Crippen LogP contribution is -2.22. The van der Waals surface area contributed by atoms with Gasteiger partial charge in [0, 0.05) is 12.8 Å². The Labute approximate surface area is 110 Å². The zero-order chi connectivity index (χ0) is 13.8. The van der Waals surface area contributed by atoms with E-state index in [0.29, 0.717) is 10.4 Å². The first-order valence-electron chi connectivity index (χ1n) is 4.94. The van der Waals surface area contributed by atoms with Crippen LogP contribution in [-0.4, -0.2) is 6.18 Å². The molecule has 0 aliphatic heterocycles. The lowest BCUT2D eigenvalue weighted by Gasteiger charge is -2.17. The third-order valence-corrected chi connectivity index (χ3v) is 2.79. The third-order valence-electron chi connectivity index (χ3n) is 2.37. The monoisotopic (exact) mass is 320 g/mol. The molecule has 1 aromatic heterocycles. The minimum absolute atomic E-state index is 0.165. The highest BCUT2D eigenvalue weighted by Crippen LogP contribution is 2.33. The average Bonchev–Trinajstić information content (AvgIpc) is 2.69. The van der Waals surface area contributed by atoms with E-state index >= 15 is 0 Å². The zero-order valence-corrected chi connectivity index (χ0v) is 10.7. The SMILES string of the molecule is N#CC(C#N)(CCC(F)(F)F)Cc1ccc(Br)o1. The number of nitrogens with zero attached hydrogens (tertiary/aromatic N) is 2. The first-order valence-corrected chi connectivity index (χ1v) is 5.73. The third kappa shape index (κ3) is 4.08. The number of rotatable bonds is 4. The van der Waals surface area contributed by atoms with Crippen LogP contribution in [0.2, 0.25) is 0 Å². The van der Waals surface area contributed by atoms with Crippen molar-refractivity contribution in [2.75, 3.05) is 0 Å². The highest BCUT2D eigenvalue weighted by Gasteiger charge is 2.37. The Kier molecular flexibility index (Phi) is 4.42. The number of hydrogen-bond donors (Lipinski definition) is 0. The molecule has 1 aromatic rings. The van der Waals surface area contributed by atoms with Crippen LogP contribution in [0.1, 0.15) is 18.6 Å². The maximum absolute atomic E-state index is 12.2. The number of nitriles is 2. The first kappa shape index (κ1) is 14.6. The van der Waals surface area contributed by atoms with Gasteiger partial charge in [-0.05, 0) is 34.5 Å². The fourth-order valence-corrected chi connectivity index (χ4v) is 1.74. The second kappa shape index (κ2) is 5.45. The molecule has 1 rings (SSSR count). The molecule has 0 spiro atoms. The summed E-state index contributed by atoms with van der Waals surface area (Å²) in [6, 6.07) is 6.39. The summed E-state index contributed by atoms with van der Waals surface area (Å²) in [6.45, 7) is 0. The number of hydrogen-bond acceptors (Lipinski definition) is 3. The molecule has 0 aliphatic rings. The van der Waals surface area contributed by atoms with Crippen molar-refractivity contribution in [1.82, 2.24) is 0 Å². The van der Waals surface area contributed by atoms with Gasteiger partial charge in [0.25, 0.3) is 0 Å². The van der Waals surface area contributed by atoms with Crippen molar-refractivity contribution < 1.29 is 17.6 Å². The quantitative estimate of drug-likeness (QED) is 0.843. The second-order valence-corrected chi connectivity index (χ2v) is 4.59. The molecule has 0 atom stereocenters. The van der Waals surface area contributed by atoms with Gasteiger partial charge in [0.2, 0.25) is 0 Å². The minimum atomic E-state index is -4.39. The van der Waals surface area contributed by atoms with Gasteiger partial charge >= 0.3 is 6.18 Å². The van der Waals surface area contributed by atoms with Gasteiger partial charge in [-0.1, -0.05) is 0 Å². The Bertz CT molecular complexity index is 482. The van der Waals surface area contributed by atoms with Crippen LogP contribution in [0, 0.1) is 28.1 Å². The molecule has 96 valence electrons. The molecule has 3 nitrogen and oxygen atoms in total. The van der Waals surface area contributed by atoms with Gasteiger partial charge in [-0.15, -0.1) is 0 Å². The summed E-state index contributed by atoms with van der Waals surface area (Å²) in [7, 11) is 0. The molecule has 0 N–H and O–H groups in total. The van der Waals surface area contributed by atoms with E-state index in [9.17, 15) is 13.2 Å². The summed E-state index contributed by atoms with van der Waals surface area (Å²) < 4.78 is 42.0. The van der Waals surface area contributed by atoms with Crippen molar-refractivity contribution in [3.63, 3.8) is 0 Å². The summed E-state index contributed by atoms with van der Waals surface area (Å²) in [5, 5.41) is 17.9. The maximum atomic E-state index is 12.2. The summed E-state index contributed by atoms with van der Waals surface area (Å²) in [5.74, 6) is 0.298. The normalized spacial score (nSPS) is 11.9. The van der Waals surface area contributed by atoms with Crippen molar-refractivity contribution >= 4 is 15.9 Å². The summed E-state index contributed by atoms with van der Waals surface area (Å²) in [5.41, 5.74) is -1.72. The summed E-state index contributed by atoms with van der Waals surface area (Å²) >= 11 is 3.04. The Morgan fingerprint density at radius 2 is 1.78 bits per heavy atom. The van der Waals surface area contributed by atoms with Gasteiger partial charge in [0.05, 0.1) is 12.1 Å². The van der Waals surface area contributed by atoms with Gasteiger partial charge in [-0.2, -0.15) is 23.7 Å². The molecule has 0 unspecified atom stereocenters. The van der Waals surface area contributed by atoms with Crippen LogP contribution in [0.3, 0.4) is 0 Å². The fourth-order valence-electron chi connectivity index (χ4n) is 1.40. The molecule has 1 heterocycles. The standard InChI is InChI=1S/C11H8BrF3N2O/c12-9-2-1-8(18-9)5-10(6-16,7-17)3-4-11(13,14)15/h1-2H,3-5H2. The molecule has 18 heavy (non-hydrogen) atoms. The minimum Gasteiger partial charge on any atom is -0.454 e. The van der Waals surface area contributed by atoms with Crippen LogP contribution in [0.25, 0.3) is 0 Å². The lowest BCUT2D eigenvalue weighted by molar-refractivity contribution is -0.138. The molecule has 0 radical (unpaired) electrons. The lowest BCUT2D eigenvalue weighted by atomic mass is 9.82. The van der Waals surface area contributed by atoms with E-state index in [0.717, 1.165) is 0 Å². The van der Waals surface area contributed by atoms with Crippen LogP contribution in [0.4, 0.5) is 13.2 Å². The number of alkyl halides is 3. The summed E-state index contributed by atoms with van der Waals surface area (Å²) in [6.07, 6.45) is -6.29. The molecule has 7 heteroatoms. The van der Waals surface area contributed by atoms with Gasteiger partial charge in [-0.25, -0.2) is 0 Å². The molecule has 0 saturated heterocycles. The van der Waals surface area contributed by atoms with E-state index in [4.69, 9.17) is 14.9 Å². The Morgan fingerprint density at radius 3 is 2.17 bits per heavy atom. The van der Waals surface area contributed by atoms with E-state index in [-0.39, 0.29) is 6.42 Å². The average molecular weight is 321 g/mol. The molecule has 0 aliphatic carbocycles. The van der Waals surface area contributed by atoms with Gasteiger partial charge in [-0.3, -0.25) is 0 Å². The van der Waals surface area contributed by atoms with Crippen LogP contribution in [-0.2, 0) is 6.42 Å². The Hall–Kier alpha value is -1.47. The molecule has 0 saturated carbocycles. The predicted molar refractivity (Wildman–Crippen MR) is 59.1 cm³/mol. The van der Waals surface area contributed by atoms with Gasteiger partial charge in [0.1, 0.15) is 5.76 Å². The van der Waals surface area contributed by atoms with Crippen molar-refractivity contribution in [3.8, 4) is 12.1 Å². The van der Waals surface area contributed by atoms with E-state index < -0.39 is 24.4 Å². The van der Waals surface area contributed by atoms with Crippen molar-refractivity contribution in [1.29, 1.82) is 10.5 Å². The van der Waals surface area contributed by atoms with E-state index in [1.165, 1.54) is 6.07 Å². The van der Waals surface area contributed by atoms with Crippen molar-refractivity contribution in [2.24, 2.45) is 5.41 Å². The highest BCUT2D eigenvalue weighted by molar-refractivity contribution is 9.10. The Balaban J connectivity index is 2.82. The summed E-state index contributed by atoms with van der Waals surface area (Å²) in [4.78, 5) is 0.